The minimum absolute atomic E-state index is 1.00. The number of pyridine rings is 1. The molecule has 0 bridgehead atoms. The van der Waals surface area contributed by atoms with Crippen LogP contribution in [0.3, 0.4) is 0 Å². The molecular weight excluding hydrogens is 326 g/mol. The number of rotatable bonds is 3. The smallest absolute Gasteiger partial charge is 0.0702 e. The van der Waals surface area contributed by atoms with Crippen LogP contribution < -0.4 is 0 Å². The predicted octanol–water partition coefficient (Wildman–Crippen LogP) is 7.01. The van der Waals surface area contributed by atoms with E-state index in [1.165, 1.54) is 33.4 Å². The van der Waals surface area contributed by atoms with Crippen molar-refractivity contribution in [3.63, 3.8) is 0 Å². The van der Waals surface area contributed by atoms with Crippen LogP contribution in [0.4, 0.5) is 0 Å². The van der Waals surface area contributed by atoms with Crippen molar-refractivity contribution >= 4 is 0 Å². The molecule has 0 spiro atoms. The molecule has 0 fully saturated rings. The Balaban J connectivity index is 1.75. The first-order valence-electron chi connectivity index (χ1n) is 9.31. The molecular formula is C26H23N. The Morgan fingerprint density at radius 2 is 1.11 bits per heavy atom. The Morgan fingerprint density at radius 3 is 1.70 bits per heavy atom. The molecule has 1 nitrogen and oxygen atoms in total. The van der Waals surface area contributed by atoms with E-state index < -0.39 is 0 Å². The van der Waals surface area contributed by atoms with Crippen molar-refractivity contribution in [2.24, 2.45) is 0 Å². The summed E-state index contributed by atoms with van der Waals surface area (Å²) < 4.78 is 0. The largest absolute Gasteiger partial charge is 0.256 e. The third-order valence-corrected chi connectivity index (χ3v) is 4.88. The molecule has 0 saturated heterocycles. The van der Waals surface area contributed by atoms with Gasteiger partial charge in [-0.25, -0.2) is 0 Å². The zero-order chi connectivity index (χ0) is 18.8. The summed E-state index contributed by atoms with van der Waals surface area (Å²) in [5, 5.41) is 0. The lowest BCUT2D eigenvalue weighted by molar-refractivity contribution is 1.32. The molecule has 1 heterocycles. The van der Waals surface area contributed by atoms with Gasteiger partial charge in [0.1, 0.15) is 0 Å². The quantitative estimate of drug-likeness (QED) is 0.388. The van der Waals surface area contributed by atoms with Crippen molar-refractivity contribution in [2.75, 3.05) is 0 Å². The third-order valence-electron chi connectivity index (χ3n) is 4.88. The van der Waals surface area contributed by atoms with Crippen molar-refractivity contribution in [3.05, 3.63) is 102 Å². The van der Waals surface area contributed by atoms with Crippen LogP contribution in [0.2, 0.25) is 0 Å². The van der Waals surface area contributed by atoms with E-state index in [2.05, 4.69) is 99.6 Å². The molecule has 27 heavy (non-hydrogen) atoms. The number of benzene rings is 3. The molecule has 0 aliphatic carbocycles. The second kappa shape index (κ2) is 7.20. The van der Waals surface area contributed by atoms with Crippen molar-refractivity contribution in [3.8, 4) is 33.5 Å². The summed E-state index contributed by atoms with van der Waals surface area (Å²) in [6.07, 6.45) is 1.98. The van der Waals surface area contributed by atoms with E-state index in [0.717, 1.165) is 16.8 Å². The van der Waals surface area contributed by atoms with Crippen LogP contribution in [-0.4, -0.2) is 4.98 Å². The Labute approximate surface area is 161 Å². The number of nitrogens with zero attached hydrogens (tertiary/aromatic N) is 1. The summed E-state index contributed by atoms with van der Waals surface area (Å²) in [6, 6.07) is 28.1. The van der Waals surface area contributed by atoms with Crippen molar-refractivity contribution < 1.29 is 0 Å². The van der Waals surface area contributed by atoms with Crippen LogP contribution in [0.25, 0.3) is 33.5 Å². The minimum atomic E-state index is 1.00. The summed E-state index contributed by atoms with van der Waals surface area (Å²) in [6.45, 7) is 6.40. The summed E-state index contributed by atoms with van der Waals surface area (Å²) in [7, 11) is 0. The van der Waals surface area contributed by atoms with Crippen LogP contribution in [-0.2, 0) is 0 Å². The van der Waals surface area contributed by atoms with Crippen molar-refractivity contribution in [2.45, 2.75) is 20.8 Å². The first-order valence-corrected chi connectivity index (χ1v) is 9.31. The zero-order valence-corrected chi connectivity index (χ0v) is 16.0. The Hall–Kier alpha value is -3.19. The molecule has 1 heteroatoms. The predicted molar refractivity (Wildman–Crippen MR) is 115 cm³/mol. The topological polar surface area (TPSA) is 12.9 Å². The van der Waals surface area contributed by atoms with Gasteiger partial charge in [0.25, 0.3) is 0 Å². The Morgan fingerprint density at radius 1 is 0.519 bits per heavy atom. The van der Waals surface area contributed by atoms with Gasteiger partial charge in [0.05, 0.1) is 5.69 Å². The molecule has 0 saturated carbocycles. The maximum Gasteiger partial charge on any atom is 0.0702 e. The lowest BCUT2D eigenvalue weighted by Gasteiger charge is -2.12. The molecule has 132 valence electrons. The van der Waals surface area contributed by atoms with E-state index in [0.29, 0.717) is 0 Å². The fourth-order valence-corrected chi connectivity index (χ4v) is 3.57. The second-order valence-corrected chi connectivity index (χ2v) is 7.22. The summed E-state index contributed by atoms with van der Waals surface area (Å²) in [5.41, 5.74) is 10.8. The highest BCUT2D eigenvalue weighted by Crippen LogP contribution is 2.33. The average Bonchev–Trinajstić information content (AvgIpc) is 2.68. The van der Waals surface area contributed by atoms with Crippen molar-refractivity contribution in [1.29, 1.82) is 0 Å². The van der Waals surface area contributed by atoms with Crippen LogP contribution in [0.1, 0.15) is 16.7 Å². The van der Waals surface area contributed by atoms with Gasteiger partial charge in [-0.2, -0.15) is 0 Å². The molecule has 0 amide bonds. The summed E-state index contributed by atoms with van der Waals surface area (Å²) in [4.78, 5) is 4.72. The zero-order valence-electron chi connectivity index (χ0n) is 16.0. The minimum Gasteiger partial charge on any atom is -0.256 e. The van der Waals surface area contributed by atoms with Crippen LogP contribution >= 0.6 is 0 Å². The van der Waals surface area contributed by atoms with Gasteiger partial charge in [-0.15, -0.1) is 0 Å². The van der Waals surface area contributed by atoms with Gasteiger partial charge in [0.15, 0.2) is 0 Å². The molecule has 0 aliphatic heterocycles. The van der Waals surface area contributed by atoms with E-state index in [-0.39, 0.29) is 0 Å². The van der Waals surface area contributed by atoms with E-state index in [1.54, 1.807) is 0 Å². The normalized spacial score (nSPS) is 10.8. The first-order chi connectivity index (χ1) is 13.1. The van der Waals surface area contributed by atoms with E-state index >= 15 is 0 Å². The third kappa shape index (κ3) is 3.68. The second-order valence-electron chi connectivity index (χ2n) is 7.22. The van der Waals surface area contributed by atoms with Crippen LogP contribution in [0.5, 0.6) is 0 Å². The molecule has 0 unspecified atom stereocenters. The highest BCUT2D eigenvalue weighted by molar-refractivity contribution is 5.84. The number of hydrogen-bond acceptors (Lipinski definition) is 1. The Bertz CT molecular complexity index is 1050. The van der Waals surface area contributed by atoms with Gasteiger partial charge in [0, 0.05) is 17.3 Å². The lowest BCUT2D eigenvalue weighted by Crippen LogP contribution is -1.89. The van der Waals surface area contributed by atoms with E-state index in [1.807, 2.05) is 6.20 Å². The Kier molecular flexibility index (Phi) is 4.60. The van der Waals surface area contributed by atoms with Gasteiger partial charge in [-0.05, 0) is 43.5 Å². The number of aromatic nitrogens is 1. The highest BCUT2D eigenvalue weighted by Gasteiger charge is 2.09. The molecule has 0 N–H and O–H groups in total. The lowest BCUT2D eigenvalue weighted by atomic mass is 9.93. The monoisotopic (exact) mass is 349 g/mol. The molecule has 0 atom stereocenters. The van der Waals surface area contributed by atoms with Crippen LogP contribution in [0.15, 0.2) is 85.1 Å². The van der Waals surface area contributed by atoms with Gasteiger partial charge in [-0.1, -0.05) is 89.5 Å². The van der Waals surface area contributed by atoms with Gasteiger partial charge < -0.3 is 0 Å². The van der Waals surface area contributed by atoms with E-state index in [4.69, 9.17) is 4.98 Å². The summed E-state index contributed by atoms with van der Waals surface area (Å²) >= 11 is 0. The van der Waals surface area contributed by atoms with E-state index in [9.17, 15) is 0 Å². The molecule has 3 aromatic carbocycles. The fraction of sp³-hybridized carbons (Fsp3) is 0.115. The SMILES string of the molecule is Cc1ccc(-c2ccc(-c3ccccc3-c3cc(C)cc(C)c3)cn2)cc1. The van der Waals surface area contributed by atoms with Gasteiger partial charge >= 0.3 is 0 Å². The standard InChI is InChI=1S/C26H23N/c1-18-8-10-21(11-9-18)26-13-12-22(17-27-26)24-6-4-5-7-25(24)23-15-19(2)14-20(3)16-23/h4-17H,1-3H3. The maximum absolute atomic E-state index is 4.72. The number of hydrogen-bond donors (Lipinski definition) is 0. The molecule has 4 rings (SSSR count). The highest BCUT2D eigenvalue weighted by atomic mass is 14.7. The van der Waals surface area contributed by atoms with Gasteiger partial charge in [0.2, 0.25) is 0 Å². The molecule has 0 radical (unpaired) electrons. The fourth-order valence-electron chi connectivity index (χ4n) is 3.57. The molecule has 0 aliphatic rings. The molecule has 1 aromatic heterocycles. The molecule has 4 aromatic rings. The average molecular weight is 349 g/mol. The summed E-state index contributed by atoms with van der Waals surface area (Å²) in [5.74, 6) is 0. The van der Waals surface area contributed by atoms with Gasteiger partial charge in [-0.3, -0.25) is 4.98 Å². The number of aryl methyl sites for hydroxylation is 3. The van der Waals surface area contributed by atoms with Crippen molar-refractivity contribution in [1.82, 2.24) is 4.98 Å². The maximum atomic E-state index is 4.72. The van der Waals surface area contributed by atoms with Crippen LogP contribution in [0, 0.1) is 20.8 Å². The first kappa shape index (κ1) is 17.2.